The van der Waals surface area contributed by atoms with E-state index in [0.717, 1.165) is 10.6 Å². The summed E-state index contributed by atoms with van der Waals surface area (Å²) in [6, 6.07) is 7.60. The number of carbonyl (C=O) groups excluding carboxylic acids is 3. The van der Waals surface area contributed by atoms with E-state index in [2.05, 4.69) is 5.32 Å². The highest BCUT2D eigenvalue weighted by Crippen LogP contribution is 2.28. The van der Waals surface area contributed by atoms with Crippen molar-refractivity contribution in [2.24, 2.45) is 5.92 Å². The number of likely N-dealkylation sites (N-methyl/N-ethyl adjacent to an activating group) is 1. The van der Waals surface area contributed by atoms with Gasteiger partial charge in [0.15, 0.2) is 6.61 Å². The number of ether oxygens (including phenoxy) is 1. The molecule has 1 aromatic carbocycles. The lowest BCUT2D eigenvalue weighted by Crippen LogP contribution is -2.29. The standard InChI is InChI=1S/C15H18N2O4S/c1-16-13(18)9-21-15(20)10-6-14(19)17(8-10)11-4-3-5-12(7-11)22-2/h3-5,7,10H,6,8-9H2,1-2H3,(H,16,18)/t10-/m1/s1. The minimum absolute atomic E-state index is 0.107. The molecule has 118 valence electrons. The summed E-state index contributed by atoms with van der Waals surface area (Å²) in [6.07, 6.45) is 2.07. The van der Waals surface area contributed by atoms with Gasteiger partial charge in [-0.3, -0.25) is 14.4 Å². The summed E-state index contributed by atoms with van der Waals surface area (Å²) in [4.78, 5) is 37.8. The van der Waals surface area contributed by atoms with Gasteiger partial charge in [0.25, 0.3) is 5.91 Å². The number of benzene rings is 1. The molecule has 7 heteroatoms. The monoisotopic (exact) mass is 322 g/mol. The second kappa shape index (κ2) is 7.31. The molecule has 2 rings (SSSR count). The minimum atomic E-state index is -0.532. The third-order valence-electron chi connectivity index (χ3n) is 3.45. The van der Waals surface area contributed by atoms with Crippen LogP contribution >= 0.6 is 11.8 Å². The van der Waals surface area contributed by atoms with Crippen LogP contribution in [-0.4, -0.2) is 44.2 Å². The predicted octanol–water partition coefficient (Wildman–Crippen LogP) is 1.05. The first-order chi connectivity index (χ1) is 10.5. The fraction of sp³-hybridized carbons (Fsp3) is 0.400. The lowest BCUT2D eigenvalue weighted by atomic mass is 10.1. The van der Waals surface area contributed by atoms with E-state index < -0.39 is 11.9 Å². The summed E-state index contributed by atoms with van der Waals surface area (Å²) in [5.74, 6) is -1.53. The molecule has 1 N–H and O–H groups in total. The van der Waals surface area contributed by atoms with E-state index in [4.69, 9.17) is 4.74 Å². The SMILES string of the molecule is CNC(=O)COC(=O)[C@@H]1CC(=O)N(c2cccc(SC)c2)C1. The van der Waals surface area contributed by atoms with Crippen LogP contribution in [0.1, 0.15) is 6.42 Å². The van der Waals surface area contributed by atoms with Gasteiger partial charge in [0.05, 0.1) is 5.92 Å². The zero-order valence-electron chi connectivity index (χ0n) is 12.5. The molecular weight excluding hydrogens is 304 g/mol. The number of esters is 1. The second-order valence-corrected chi connectivity index (χ2v) is 5.77. The molecule has 1 saturated heterocycles. The highest BCUT2D eigenvalue weighted by Gasteiger charge is 2.36. The third kappa shape index (κ3) is 3.79. The zero-order chi connectivity index (χ0) is 16.1. The molecule has 0 aliphatic carbocycles. The normalized spacial score (nSPS) is 17.5. The fourth-order valence-electron chi connectivity index (χ4n) is 2.22. The summed E-state index contributed by atoms with van der Waals surface area (Å²) in [6.45, 7) is -0.0365. The van der Waals surface area contributed by atoms with Crippen molar-refractivity contribution in [3.05, 3.63) is 24.3 Å². The Labute approximate surface area is 133 Å². The molecule has 1 heterocycles. The number of thioether (sulfide) groups is 1. The van der Waals surface area contributed by atoms with Gasteiger partial charge in [0.1, 0.15) is 0 Å². The number of rotatable bonds is 5. The molecule has 6 nitrogen and oxygen atoms in total. The van der Waals surface area contributed by atoms with Crippen LogP contribution in [-0.2, 0) is 19.1 Å². The minimum Gasteiger partial charge on any atom is -0.455 e. The molecule has 0 saturated carbocycles. The first kappa shape index (κ1) is 16.4. The number of hydrogen-bond acceptors (Lipinski definition) is 5. The van der Waals surface area contributed by atoms with Gasteiger partial charge in [-0.1, -0.05) is 6.07 Å². The maximum Gasteiger partial charge on any atom is 0.311 e. The number of anilines is 1. The van der Waals surface area contributed by atoms with E-state index >= 15 is 0 Å². The smallest absolute Gasteiger partial charge is 0.311 e. The Morgan fingerprint density at radius 2 is 2.23 bits per heavy atom. The molecule has 1 aliphatic heterocycles. The van der Waals surface area contributed by atoms with Gasteiger partial charge in [-0.15, -0.1) is 11.8 Å². The third-order valence-corrected chi connectivity index (χ3v) is 4.17. The van der Waals surface area contributed by atoms with Crippen molar-refractivity contribution in [1.82, 2.24) is 5.32 Å². The average Bonchev–Trinajstić information content (AvgIpc) is 2.94. The first-order valence-corrected chi connectivity index (χ1v) is 8.09. The van der Waals surface area contributed by atoms with Gasteiger partial charge < -0.3 is 15.0 Å². The van der Waals surface area contributed by atoms with Crippen molar-refractivity contribution in [3.63, 3.8) is 0 Å². The van der Waals surface area contributed by atoms with Gasteiger partial charge in [-0.2, -0.15) is 0 Å². The van der Waals surface area contributed by atoms with Crippen molar-refractivity contribution in [3.8, 4) is 0 Å². The van der Waals surface area contributed by atoms with E-state index in [9.17, 15) is 14.4 Å². The zero-order valence-corrected chi connectivity index (χ0v) is 13.3. The van der Waals surface area contributed by atoms with Crippen LogP contribution in [0, 0.1) is 5.92 Å². The van der Waals surface area contributed by atoms with Crippen LogP contribution in [0.3, 0.4) is 0 Å². The van der Waals surface area contributed by atoms with Crippen LogP contribution in [0.2, 0.25) is 0 Å². The number of nitrogens with one attached hydrogen (secondary N) is 1. The van der Waals surface area contributed by atoms with Crippen LogP contribution < -0.4 is 10.2 Å². The van der Waals surface area contributed by atoms with Gasteiger partial charge in [-0.05, 0) is 24.5 Å². The van der Waals surface area contributed by atoms with Gasteiger partial charge in [0.2, 0.25) is 5.91 Å². The molecule has 0 bridgehead atoms. The van der Waals surface area contributed by atoms with Crippen molar-refractivity contribution in [2.75, 3.05) is 31.4 Å². The van der Waals surface area contributed by atoms with E-state index in [-0.39, 0.29) is 31.4 Å². The predicted molar refractivity (Wildman–Crippen MR) is 83.7 cm³/mol. The first-order valence-electron chi connectivity index (χ1n) is 6.86. The quantitative estimate of drug-likeness (QED) is 0.648. The molecule has 1 aromatic rings. The number of nitrogens with zero attached hydrogens (tertiary/aromatic N) is 1. The molecule has 2 amide bonds. The average molecular weight is 322 g/mol. The fourth-order valence-corrected chi connectivity index (χ4v) is 2.67. The maximum atomic E-state index is 12.1. The largest absolute Gasteiger partial charge is 0.455 e. The lowest BCUT2D eigenvalue weighted by Gasteiger charge is -2.17. The van der Waals surface area contributed by atoms with Crippen molar-refractivity contribution in [2.45, 2.75) is 11.3 Å². The number of amides is 2. The van der Waals surface area contributed by atoms with Crippen LogP contribution in [0.5, 0.6) is 0 Å². The Bertz CT molecular complexity index is 591. The molecule has 1 fully saturated rings. The van der Waals surface area contributed by atoms with E-state index in [1.807, 2.05) is 30.5 Å². The van der Waals surface area contributed by atoms with E-state index in [1.165, 1.54) is 7.05 Å². The summed E-state index contributed by atoms with van der Waals surface area (Å²) >= 11 is 1.59. The van der Waals surface area contributed by atoms with Gasteiger partial charge in [0, 0.05) is 30.6 Å². The topological polar surface area (TPSA) is 75.7 Å². The van der Waals surface area contributed by atoms with Crippen molar-refractivity contribution < 1.29 is 19.1 Å². The molecule has 0 unspecified atom stereocenters. The second-order valence-electron chi connectivity index (χ2n) is 4.89. The Hall–Kier alpha value is -2.02. The number of hydrogen-bond donors (Lipinski definition) is 1. The molecule has 1 atom stereocenters. The molecule has 1 aliphatic rings. The summed E-state index contributed by atoms with van der Waals surface area (Å²) in [5, 5.41) is 2.37. The van der Waals surface area contributed by atoms with E-state index in [1.54, 1.807) is 16.7 Å². The molecule has 0 aromatic heterocycles. The molecule has 22 heavy (non-hydrogen) atoms. The van der Waals surface area contributed by atoms with Crippen LogP contribution in [0.25, 0.3) is 0 Å². The highest BCUT2D eigenvalue weighted by molar-refractivity contribution is 7.98. The van der Waals surface area contributed by atoms with E-state index in [0.29, 0.717) is 0 Å². The van der Waals surface area contributed by atoms with Gasteiger partial charge in [-0.25, -0.2) is 0 Å². The van der Waals surface area contributed by atoms with Crippen molar-refractivity contribution >= 4 is 35.2 Å². The molecule has 0 radical (unpaired) electrons. The molecule has 0 spiro atoms. The van der Waals surface area contributed by atoms with Crippen LogP contribution in [0.4, 0.5) is 5.69 Å². The Morgan fingerprint density at radius 1 is 1.45 bits per heavy atom. The van der Waals surface area contributed by atoms with Crippen LogP contribution in [0.15, 0.2) is 29.2 Å². The summed E-state index contributed by atoms with van der Waals surface area (Å²) in [5.41, 5.74) is 0.776. The molecular formula is C15H18N2O4S. The Kier molecular flexibility index (Phi) is 5.43. The Balaban J connectivity index is 2.01. The highest BCUT2D eigenvalue weighted by atomic mass is 32.2. The summed E-state index contributed by atoms with van der Waals surface area (Å²) < 4.78 is 4.92. The maximum absolute atomic E-state index is 12.1. The summed E-state index contributed by atoms with van der Waals surface area (Å²) in [7, 11) is 1.47. The number of carbonyl (C=O) groups is 3. The van der Waals surface area contributed by atoms with Crippen molar-refractivity contribution in [1.29, 1.82) is 0 Å². The van der Waals surface area contributed by atoms with Gasteiger partial charge >= 0.3 is 5.97 Å². The Morgan fingerprint density at radius 3 is 2.91 bits per heavy atom. The lowest BCUT2D eigenvalue weighted by molar-refractivity contribution is -0.152.